The molecule has 0 saturated heterocycles. The fourth-order valence-corrected chi connectivity index (χ4v) is 2.15. The molecule has 0 aliphatic rings. The molecule has 19 heavy (non-hydrogen) atoms. The summed E-state index contributed by atoms with van der Waals surface area (Å²) in [5, 5.41) is 1.97. The summed E-state index contributed by atoms with van der Waals surface area (Å²) in [5.74, 6) is 1.58. The molecule has 0 radical (unpaired) electrons. The maximum atomic E-state index is 5.78. The summed E-state index contributed by atoms with van der Waals surface area (Å²) >= 11 is 1.56. The average molecular weight is 278 g/mol. The predicted octanol–water partition coefficient (Wildman–Crippen LogP) is 2.97. The smallest absolute Gasteiger partial charge is 0.131 e. The summed E-state index contributed by atoms with van der Waals surface area (Å²) in [6.45, 7) is 3.68. The molecule has 0 unspecified atom stereocenters. The van der Waals surface area contributed by atoms with E-state index in [-0.39, 0.29) is 0 Å². The normalized spacial score (nSPS) is 10.4. The van der Waals surface area contributed by atoms with Gasteiger partial charge in [-0.1, -0.05) is 13.0 Å². The molecular formula is C14H18N2O2S. The van der Waals surface area contributed by atoms with E-state index in [1.54, 1.807) is 16.8 Å². The second-order valence-corrected chi connectivity index (χ2v) is 4.81. The van der Waals surface area contributed by atoms with Crippen LogP contribution >= 0.6 is 11.3 Å². The molecule has 2 rings (SSSR count). The van der Waals surface area contributed by atoms with E-state index in [0.29, 0.717) is 19.8 Å². The minimum absolute atomic E-state index is 0.445. The molecule has 0 spiro atoms. The minimum atomic E-state index is 0.445. The molecule has 0 saturated carbocycles. The third-order valence-electron chi connectivity index (χ3n) is 2.59. The van der Waals surface area contributed by atoms with Crippen molar-refractivity contribution in [1.29, 1.82) is 0 Å². The van der Waals surface area contributed by atoms with Gasteiger partial charge in [0.2, 0.25) is 0 Å². The second kappa shape index (κ2) is 7.11. The van der Waals surface area contributed by atoms with E-state index in [1.807, 2.05) is 23.6 Å². The van der Waals surface area contributed by atoms with Crippen LogP contribution in [0.2, 0.25) is 0 Å². The van der Waals surface area contributed by atoms with Gasteiger partial charge in [-0.2, -0.15) is 0 Å². The van der Waals surface area contributed by atoms with Crippen molar-refractivity contribution in [2.24, 2.45) is 5.73 Å². The van der Waals surface area contributed by atoms with Crippen molar-refractivity contribution >= 4 is 11.3 Å². The zero-order chi connectivity index (χ0) is 13.5. The van der Waals surface area contributed by atoms with E-state index in [1.165, 1.54) is 0 Å². The van der Waals surface area contributed by atoms with Crippen LogP contribution in [0.15, 0.2) is 29.1 Å². The Hall–Kier alpha value is -1.59. The number of aromatic nitrogens is 1. The summed E-state index contributed by atoms with van der Waals surface area (Å²) in [4.78, 5) is 4.19. The molecule has 2 N–H and O–H groups in total. The van der Waals surface area contributed by atoms with Gasteiger partial charge in [-0.25, -0.2) is 4.98 Å². The second-order valence-electron chi connectivity index (χ2n) is 4.09. The zero-order valence-electron chi connectivity index (χ0n) is 11.0. The fourth-order valence-electron chi connectivity index (χ4n) is 1.61. The Morgan fingerprint density at radius 2 is 2.21 bits per heavy atom. The van der Waals surface area contributed by atoms with E-state index >= 15 is 0 Å². The van der Waals surface area contributed by atoms with Crippen LogP contribution in [0, 0.1) is 0 Å². The van der Waals surface area contributed by atoms with Crippen LogP contribution in [0.5, 0.6) is 11.5 Å². The van der Waals surface area contributed by atoms with E-state index in [4.69, 9.17) is 15.2 Å². The molecule has 2 aromatic rings. The zero-order valence-corrected chi connectivity index (χ0v) is 11.8. The van der Waals surface area contributed by atoms with Gasteiger partial charge in [-0.05, 0) is 12.5 Å². The van der Waals surface area contributed by atoms with Gasteiger partial charge in [0.15, 0.2) is 0 Å². The van der Waals surface area contributed by atoms with Gasteiger partial charge in [-0.15, -0.1) is 11.3 Å². The maximum absolute atomic E-state index is 5.78. The highest BCUT2D eigenvalue weighted by molar-refractivity contribution is 7.07. The van der Waals surface area contributed by atoms with Crippen molar-refractivity contribution in [2.75, 3.05) is 6.61 Å². The van der Waals surface area contributed by atoms with Gasteiger partial charge < -0.3 is 15.2 Å². The van der Waals surface area contributed by atoms with E-state index < -0.39 is 0 Å². The van der Waals surface area contributed by atoms with Gasteiger partial charge in [0.1, 0.15) is 18.1 Å². The number of hydrogen-bond acceptors (Lipinski definition) is 5. The third-order valence-corrected chi connectivity index (χ3v) is 3.23. The largest absolute Gasteiger partial charge is 0.493 e. The monoisotopic (exact) mass is 278 g/mol. The number of hydrogen-bond donors (Lipinski definition) is 1. The lowest BCUT2D eigenvalue weighted by Gasteiger charge is -2.12. The summed E-state index contributed by atoms with van der Waals surface area (Å²) in [5.41, 5.74) is 9.41. The van der Waals surface area contributed by atoms with E-state index in [9.17, 15) is 0 Å². The molecule has 4 nitrogen and oxygen atoms in total. The molecule has 1 heterocycles. The molecule has 102 valence electrons. The van der Waals surface area contributed by atoms with Crippen LogP contribution in [0.4, 0.5) is 0 Å². The summed E-state index contributed by atoms with van der Waals surface area (Å²) in [6, 6.07) is 5.76. The van der Waals surface area contributed by atoms with Crippen LogP contribution < -0.4 is 15.2 Å². The van der Waals surface area contributed by atoms with Gasteiger partial charge in [-0.3, -0.25) is 0 Å². The molecule has 5 heteroatoms. The van der Waals surface area contributed by atoms with Crippen molar-refractivity contribution in [3.05, 3.63) is 40.3 Å². The van der Waals surface area contributed by atoms with E-state index in [2.05, 4.69) is 11.9 Å². The Morgan fingerprint density at radius 3 is 2.89 bits per heavy atom. The van der Waals surface area contributed by atoms with Crippen LogP contribution in [0.25, 0.3) is 0 Å². The Labute approximate surface area is 117 Å². The highest BCUT2D eigenvalue weighted by Gasteiger charge is 2.06. The number of ether oxygens (including phenoxy) is 2. The third kappa shape index (κ3) is 3.94. The number of thiazole rings is 1. The van der Waals surface area contributed by atoms with Crippen LogP contribution in [0.1, 0.15) is 24.6 Å². The standard InChI is InChI=1S/C14H18N2O2S/c1-2-5-17-13-4-3-11(7-15)14(6-13)18-8-12-9-19-10-16-12/h3-4,6,9-10H,2,5,7-8,15H2,1H3. The number of nitrogens with two attached hydrogens (primary N) is 1. The molecule has 0 fully saturated rings. The summed E-state index contributed by atoms with van der Waals surface area (Å²) in [6.07, 6.45) is 0.980. The Kier molecular flexibility index (Phi) is 5.18. The van der Waals surface area contributed by atoms with Crippen molar-refractivity contribution < 1.29 is 9.47 Å². The highest BCUT2D eigenvalue weighted by Crippen LogP contribution is 2.25. The first kappa shape index (κ1) is 13.8. The topological polar surface area (TPSA) is 57.4 Å². The van der Waals surface area contributed by atoms with Crippen molar-refractivity contribution in [3.8, 4) is 11.5 Å². The van der Waals surface area contributed by atoms with Gasteiger partial charge >= 0.3 is 0 Å². The fraction of sp³-hybridized carbons (Fsp3) is 0.357. The van der Waals surface area contributed by atoms with Crippen molar-refractivity contribution in [2.45, 2.75) is 26.5 Å². The highest BCUT2D eigenvalue weighted by atomic mass is 32.1. The summed E-state index contributed by atoms with van der Waals surface area (Å²) < 4.78 is 11.4. The molecule has 0 aliphatic carbocycles. The van der Waals surface area contributed by atoms with Gasteiger partial charge in [0.25, 0.3) is 0 Å². The number of benzene rings is 1. The average Bonchev–Trinajstić information content (AvgIpc) is 2.96. The number of rotatable bonds is 7. The molecular weight excluding hydrogens is 260 g/mol. The quantitative estimate of drug-likeness (QED) is 0.846. The first-order valence-corrected chi connectivity index (χ1v) is 7.23. The Bertz CT molecular complexity index is 500. The van der Waals surface area contributed by atoms with Gasteiger partial charge in [0, 0.05) is 23.6 Å². The maximum Gasteiger partial charge on any atom is 0.131 e. The Morgan fingerprint density at radius 1 is 1.32 bits per heavy atom. The van der Waals surface area contributed by atoms with Crippen molar-refractivity contribution in [3.63, 3.8) is 0 Å². The van der Waals surface area contributed by atoms with Crippen LogP contribution in [-0.4, -0.2) is 11.6 Å². The summed E-state index contributed by atoms with van der Waals surface area (Å²) in [7, 11) is 0. The molecule has 0 aliphatic heterocycles. The van der Waals surface area contributed by atoms with Crippen molar-refractivity contribution in [1.82, 2.24) is 4.98 Å². The molecule has 1 aromatic heterocycles. The first-order valence-electron chi connectivity index (χ1n) is 6.29. The SMILES string of the molecule is CCCOc1ccc(CN)c(OCc2cscn2)c1. The minimum Gasteiger partial charge on any atom is -0.493 e. The lowest BCUT2D eigenvalue weighted by atomic mass is 10.2. The van der Waals surface area contributed by atoms with Crippen LogP contribution in [-0.2, 0) is 13.2 Å². The Balaban J connectivity index is 2.07. The predicted molar refractivity (Wildman–Crippen MR) is 76.6 cm³/mol. The molecule has 0 atom stereocenters. The lowest BCUT2D eigenvalue weighted by molar-refractivity contribution is 0.289. The molecule has 0 bridgehead atoms. The van der Waals surface area contributed by atoms with Crippen LogP contribution in [0.3, 0.4) is 0 Å². The molecule has 0 amide bonds. The van der Waals surface area contributed by atoms with E-state index in [0.717, 1.165) is 29.2 Å². The molecule has 1 aromatic carbocycles. The van der Waals surface area contributed by atoms with Gasteiger partial charge in [0.05, 0.1) is 17.8 Å². The first-order chi connectivity index (χ1) is 9.33. The lowest BCUT2D eigenvalue weighted by Crippen LogP contribution is -2.04. The number of nitrogens with zero attached hydrogens (tertiary/aromatic N) is 1.